The maximum atomic E-state index is 13.2. The van der Waals surface area contributed by atoms with Gasteiger partial charge < -0.3 is 15.2 Å². The first kappa shape index (κ1) is 23.2. The molecular formula is C17H19ClN4O7S2. The minimum atomic E-state index is -4.17. The number of rotatable bonds is 7. The average Bonchev–Trinajstić information content (AvgIpc) is 3.16. The first-order valence-corrected chi connectivity index (χ1v) is 11.6. The van der Waals surface area contributed by atoms with E-state index >= 15 is 0 Å². The Hall–Kier alpha value is -2.45. The number of amides is 2. The molecule has 0 saturated carbocycles. The summed E-state index contributed by atoms with van der Waals surface area (Å²) in [7, 11) is -4.17. The highest BCUT2D eigenvalue weighted by Crippen LogP contribution is 2.28. The number of piperidine rings is 1. The van der Waals surface area contributed by atoms with Gasteiger partial charge in [-0.1, -0.05) is 11.6 Å². The smallest absolute Gasteiger partial charge is 0.404 e. The summed E-state index contributed by atoms with van der Waals surface area (Å²) >= 11 is 7.03. The van der Waals surface area contributed by atoms with Crippen LogP contribution in [0.15, 0.2) is 35.4 Å². The van der Waals surface area contributed by atoms with Crippen LogP contribution in [0.1, 0.15) is 17.7 Å². The first-order valence-electron chi connectivity index (χ1n) is 9.00. The summed E-state index contributed by atoms with van der Waals surface area (Å²) in [5, 5.41) is 20.2. The number of nitrogens with zero attached hydrogens (tertiary/aromatic N) is 2. The molecule has 1 saturated heterocycles. The second-order valence-corrected chi connectivity index (χ2v) is 10.2. The fraction of sp³-hybridized carbons (Fsp3) is 0.353. The number of nitrogens with one attached hydrogen (secondary N) is 2. The Morgan fingerprint density at radius 3 is 2.61 bits per heavy atom. The minimum Gasteiger partial charge on any atom is -0.488 e. The number of hydrogen-bond donors (Lipinski definition) is 4. The third-order valence-corrected chi connectivity index (χ3v) is 7.59. The maximum Gasteiger partial charge on any atom is 0.404 e. The fourth-order valence-electron chi connectivity index (χ4n) is 3.27. The number of carboxylic acid groups (broad SMARTS) is 1. The highest BCUT2D eigenvalue weighted by molar-refractivity contribution is 7.89. The number of hydrogen-bond acceptors (Lipinski definition) is 8. The molecule has 4 N–H and O–H groups in total. The summed E-state index contributed by atoms with van der Waals surface area (Å²) in [4.78, 5) is 27.8. The lowest BCUT2D eigenvalue weighted by Crippen LogP contribution is -2.62. The van der Waals surface area contributed by atoms with Gasteiger partial charge in [0.05, 0.1) is 15.8 Å². The van der Waals surface area contributed by atoms with Crippen molar-refractivity contribution < 1.29 is 33.1 Å². The van der Waals surface area contributed by atoms with Crippen LogP contribution in [0.5, 0.6) is 5.75 Å². The number of carbonyl (C=O) groups excluding carboxylic acids is 1. The molecule has 2 atom stereocenters. The predicted molar refractivity (Wildman–Crippen MR) is 110 cm³/mol. The standard InChI is InChI=1S/C17H19ClN4O7S2/c18-16-19-8-11(30-16)9-29-10-3-5-12(6-4-10)31(27,28)22-7-1-2-13(20-17(24)25)14(22)15(23)21-26/h3-6,8,13-14,20,26H,1-2,7,9H2,(H,21,23)(H,24,25). The van der Waals surface area contributed by atoms with Crippen molar-refractivity contribution >= 4 is 45.0 Å². The number of benzene rings is 1. The van der Waals surface area contributed by atoms with Crippen LogP contribution >= 0.6 is 22.9 Å². The molecule has 1 fully saturated rings. The normalized spacial score (nSPS) is 19.5. The molecule has 0 bridgehead atoms. The minimum absolute atomic E-state index is 0.0113. The average molecular weight is 491 g/mol. The van der Waals surface area contributed by atoms with Gasteiger partial charge in [-0.05, 0) is 37.1 Å². The number of ether oxygens (including phenoxy) is 1. The fourth-order valence-corrected chi connectivity index (χ4v) is 5.82. The Kier molecular flexibility index (Phi) is 7.33. The van der Waals surface area contributed by atoms with Crippen LogP contribution in [0.2, 0.25) is 4.47 Å². The van der Waals surface area contributed by atoms with E-state index in [0.717, 1.165) is 9.18 Å². The molecule has 31 heavy (non-hydrogen) atoms. The van der Waals surface area contributed by atoms with Crippen LogP contribution in [0.4, 0.5) is 4.79 Å². The van der Waals surface area contributed by atoms with Gasteiger partial charge in [-0.2, -0.15) is 4.31 Å². The van der Waals surface area contributed by atoms with Crippen LogP contribution in [0.25, 0.3) is 0 Å². The molecule has 2 aromatic rings. The lowest BCUT2D eigenvalue weighted by Gasteiger charge is -2.38. The van der Waals surface area contributed by atoms with Gasteiger partial charge in [0.25, 0.3) is 5.91 Å². The molecule has 1 aliphatic heterocycles. The van der Waals surface area contributed by atoms with E-state index in [9.17, 15) is 18.0 Å². The Bertz CT molecular complexity index is 1050. The van der Waals surface area contributed by atoms with Gasteiger partial charge in [-0.25, -0.2) is 23.7 Å². The van der Waals surface area contributed by atoms with Crippen LogP contribution in [0, 0.1) is 0 Å². The van der Waals surface area contributed by atoms with E-state index in [1.165, 1.54) is 41.1 Å². The van der Waals surface area contributed by atoms with Gasteiger partial charge in [0.1, 0.15) is 18.4 Å². The molecule has 1 aromatic heterocycles. The number of sulfonamides is 1. The van der Waals surface area contributed by atoms with Gasteiger partial charge in [0.2, 0.25) is 10.0 Å². The Morgan fingerprint density at radius 2 is 2.03 bits per heavy atom. The summed E-state index contributed by atoms with van der Waals surface area (Å²) in [6.07, 6.45) is 0.752. The third kappa shape index (κ3) is 5.43. The molecule has 11 nitrogen and oxygen atoms in total. The summed E-state index contributed by atoms with van der Waals surface area (Å²) < 4.78 is 33.2. The Balaban J connectivity index is 1.79. The first-order chi connectivity index (χ1) is 14.7. The van der Waals surface area contributed by atoms with Crippen LogP contribution in [0.3, 0.4) is 0 Å². The third-order valence-electron chi connectivity index (χ3n) is 4.61. The summed E-state index contributed by atoms with van der Waals surface area (Å²) in [5.41, 5.74) is 1.42. The van der Waals surface area contributed by atoms with Gasteiger partial charge in [-0.15, -0.1) is 11.3 Å². The van der Waals surface area contributed by atoms with Crippen molar-refractivity contribution in [1.82, 2.24) is 20.1 Å². The molecule has 0 aliphatic carbocycles. The van der Waals surface area contributed by atoms with Crippen molar-refractivity contribution in [2.24, 2.45) is 0 Å². The predicted octanol–water partition coefficient (Wildman–Crippen LogP) is 1.67. The molecule has 1 aromatic carbocycles. The molecule has 14 heteroatoms. The van der Waals surface area contributed by atoms with Gasteiger partial charge in [-0.3, -0.25) is 10.0 Å². The van der Waals surface area contributed by atoms with Crippen molar-refractivity contribution in [2.45, 2.75) is 36.4 Å². The van der Waals surface area contributed by atoms with Crippen LogP contribution in [-0.4, -0.2) is 58.6 Å². The van der Waals surface area contributed by atoms with E-state index in [1.54, 1.807) is 6.20 Å². The summed E-state index contributed by atoms with van der Waals surface area (Å²) in [6, 6.07) is 3.13. The topological polar surface area (TPSA) is 158 Å². The van der Waals surface area contributed by atoms with E-state index in [1.807, 2.05) is 0 Å². The lowest BCUT2D eigenvalue weighted by molar-refractivity contribution is -0.134. The van der Waals surface area contributed by atoms with Gasteiger partial charge in [0.15, 0.2) is 4.47 Å². The second kappa shape index (κ2) is 9.78. The number of thiazole rings is 1. The Labute approximate surface area is 186 Å². The zero-order chi connectivity index (χ0) is 22.6. The summed E-state index contributed by atoms with van der Waals surface area (Å²) in [6.45, 7) is 0.201. The SMILES string of the molecule is O=C(O)NC1CCCN(S(=O)(=O)c2ccc(OCc3cnc(Cl)s3)cc2)C1C(=O)NO. The van der Waals surface area contributed by atoms with Gasteiger partial charge >= 0.3 is 6.09 Å². The van der Waals surface area contributed by atoms with Crippen molar-refractivity contribution in [3.63, 3.8) is 0 Å². The Morgan fingerprint density at radius 1 is 1.32 bits per heavy atom. The van der Waals surface area contributed by atoms with E-state index in [2.05, 4.69) is 10.3 Å². The lowest BCUT2D eigenvalue weighted by atomic mass is 9.98. The molecule has 3 rings (SSSR count). The second-order valence-electron chi connectivity index (χ2n) is 6.57. The van der Waals surface area contributed by atoms with Crippen LogP contribution in [-0.2, 0) is 21.4 Å². The van der Waals surface area contributed by atoms with Crippen molar-refractivity contribution in [3.8, 4) is 5.75 Å². The molecule has 2 unspecified atom stereocenters. The monoisotopic (exact) mass is 490 g/mol. The molecular weight excluding hydrogens is 472 g/mol. The molecule has 0 spiro atoms. The summed E-state index contributed by atoms with van der Waals surface area (Å²) in [5.74, 6) is -0.609. The quantitative estimate of drug-likeness (QED) is 0.337. The van der Waals surface area contributed by atoms with E-state index in [-0.39, 0.29) is 24.5 Å². The van der Waals surface area contributed by atoms with Crippen LogP contribution < -0.4 is 15.5 Å². The molecule has 0 radical (unpaired) electrons. The number of hydroxylamine groups is 1. The molecule has 1 aliphatic rings. The number of halogens is 1. The van der Waals surface area contributed by atoms with E-state index in [0.29, 0.717) is 16.6 Å². The largest absolute Gasteiger partial charge is 0.488 e. The number of aromatic nitrogens is 1. The van der Waals surface area contributed by atoms with Crippen molar-refractivity contribution in [3.05, 3.63) is 39.8 Å². The zero-order valence-corrected chi connectivity index (χ0v) is 18.3. The van der Waals surface area contributed by atoms with Crippen molar-refractivity contribution in [1.29, 1.82) is 0 Å². The zero-order valence-electron chi connectivity index (χ0n) is 15.9. The van der Waals surface area contributed by atoms with Crippen molar-refractivity contribution in [2.75, 3.05) is 6.54 Å². The van der Waals surface area contributed by atoms with Gasteiger partial charge in [0, 0.05) is 12.7 Å². The number of carbonyl (C=O) groups is 2. The molecule has 2 heterocycles. The van der Waals surface area contributed by atoms with E-state index in [4.69, 9.17) is 26.7 Å². The highest BCUT2D eigenvalue weighted by atomic mass is 35.5. The molecule has 2 amide bonds. The molecule has 168 valence electrons. The highest BCUT2D eigenvalue weighted by Gasteiger charge is 2.44. The van der Waals surface area contributed by atoms with E-state index < -0.39 is 34.1 Å². The maximum absolute atomic E-state index is 13.2.